The van der Waals surface area contributed by atoms with Gasteiger partial charge in [0.2, 0.25) is 0 Å². The summed E-state index contributed by atoms with van der Waals surface area (Å²) in [5, 5.41) is 11.8. The molecule has 1 spiro atoms. The summed E-state index contributed by atoms with van der Waals surface area (Å²) in [4.78, 5) is 13.6. The van der Waals surface area contributed by atoms with Gasteiger partial charge >= 0.3 is 5.97 Å². The number of methoxy groups -OCH3 is 3. The first-order valence-corrected chi connectivity index (χ1v) is 12.4. The Kier molecular flexibility index (Phi) is 7.70. The molecule has 2 heterocycles. The van der Waals surface area contributed by atoms with Crippen LogP contribution in [0.1, 0.15) is 20.3 Å². The van der Waals surface area contributed by atoms with E-state index in [1.165, 1.54) is 0 Å². The van der Waals surface area contributed by atoms with Crippen LogP contribution in [0.25, 0.3) is 0 Å². The molecule has 1 saturated heterocycles. The zero-order valence-electron chi connectivity index (χ0n) is 21.0. The SMILES string of the molecule is C=CC1C(COC)C(O)C2C3C=CC4C(COC)C(=O)OC(CCOC)C(C)C=C(C)C42OC13. The molecule has 34 heavy (non-hydrogen) atoms. The topological polar surface area (TPSA) is 83.5 Å². The third-order valence-electron chi connectivity index (χ3n) is 8.64. The number of rotatable bonds is 8. The number of aliphatic hydroxyl groups excluding tert-OH is 1. The lowest BCUT2D eigenvalue weighted by Gasteiger charge is -2.49. The molecule has 4 aliphatic rings. The minimum atomic E-state index is -0.833. The van der Waals surface area contributed by atoms with E-state index in [4.69, 9.17) is 23.7 Å². The molecule has 11 unspecified atom stereocenters. The van der Waals surface area contributed by atoms with Gasteiger partial charge in [0.15, 0.2) is 0 Å². The molecule has 2 aliphatic heterocycles. The van der Waals surface area contributed by atoms with Crippen LogP contribution in [0.2, 0.25) is 0 Å². The van der Waals surface area contributed by atoms with E-state index >= 15 is 0 Å². The van der Waals surface area contributed by atoms with Crippen LogP contribution in [0, 0.1) is 41.4 Å². The first-order valence-electron chi connectivity index (χ1n) is 12.4. The van der Waals surface area contributed by atoms with Gasteiger partial charge in [-0.25, -0.2) is 0 Å². The van der Waals surface area contributed by atoms with Crippen molar-refractivity contribution in [2.75, 3.05) is 41.2 Å². The summed E-state index contributed by atoms with van der Waals surface area (Å²) in [6, 6.07) is 0. The fourth-order valence-electron chi connectivity index (χ4n) is 7.14. The lowest BCUT2D eigenvalue weighted by Crippen LogP contribution is -2.57. The summed E-state index contributed by atoms with van der Waals surface area (Å²) >= 11 is 0. The number of esters is 1. The summed E-state index contributed by atoms with van der Waals surface area (Å²) in [5.74, 6) is -1.56. The molecular formula is C27H40O7. The number of ether oxygens (including phenoxy) is 5. The van der Waals surface area contributed by atoms with Gasteiger partial charge in [0.25, 0.3) is 0 Å². The Hall–Kier alpha value is -1.51. The molecule has 11 atom stereocenters. The first kappa shape index (κ1) is 25.6. The maximum absolute atomic E-state index is 13.6. The lowest BCUT2D eigenvalue weighted by atomic mass is 9.55. The number of aliphatic hydroxyl groups is 1. The summed E-state index contributed by atoms with van der Waals surface area (Å²) in [6.07, 6.45) is 7.80. The Morgan fingerprint density at radius 2 is 1.91 bits per heavy atom. The van der Waals surface area contributed by atoms with E-state index in [0.717, 1.165) is 5.57 Å². The third-order valence-corrected chi connectivity index (χ3v) is 8.64. The number of carbonyl (C=O) groups is 1. The summed E-state index contributed by atoms with van der Waals surface area (Å²) < 4.78 is 29.4. The average molecular weight is 477 g/mol. The minimum Gasteiger partial charge on any atom is -0.461 e. The van der Waals surface area contributed by atoms with E-state index < -0.39 is 17.6 Å². The quantitative estimate of drug-likeness (QED) is 0.426. The van der Waals surface area contributed by atoms with Crippen molar-refractivity contribution in [2.24, 2.45) is 41.4 Å². The van der Waals surface area contributed by atoms with Gasteiger partial charge in [-0.15, -0.1) is 6.58 Å². The van der Waals surface area contributed by atoms with Crippen LogP contribution < -0.4 is 0 Å². The molecule has 0 amide bonds. The van der Waals surface area contributed by atoms with Gasteiger partial charge in [-0.2, -0.15) is 0 Å². The second-order valence-corrected chi connectivity index (χ2v) is 10.3. The zero-order valence-corrected chi connectivity index (χ0v) is 21.0. The van der Waals surface area contributed by atoms with Gasteiger partial charge in [0.1, 0.15) is 11.7 Å². The largest absolute Gasteiger partial charge is 0.461 e. The Labute approximate surface area is 203 Å². The van der Waals surface area contributed by atoms with Gasteiger partial charge in [-0.3, -0.25) is 4.79 Å². The first-order chi connectivity index (χ1) is 16.3. The highest BCUT2D eigenvalue weighted by Gasteiger charge is 2.69. The van der Waals surface area contributed by atoms with Gasteiger partial charge in [0, 0.05) is 69.9 Å². The Balaban J connectivity index is 1.86. The maximum Gasteiger partial charge on any atom is 0.312 e. The summed E-state index contributed by atoms with van der Waals surface area (Å²) in [6.45, 7) is 9.34. The fraction of sp³-hybridized carbons (Fsp3) is 0.741. The highest BCUT2D eigenvalue weighted by Crippen LogP contribution is 2.62. The summed E-state index contributed by atoms with van der Waals surface area (Å²) in [7, 11) is 4.90. The monoisotopic (exact) mass is 476 g/mol. The average Bonchev–Trinajstić information content (AvgIpc) is 3.00. The standard InChI is InChI=1S/C27H40O7/c1-7-17-19(13-31-5)24(28)23-18-8-9-21-20(14-32-6)26(29)33-22(10-11-30-4)15(2)12-16(3)27(21,23)34-25(17)18/h7-9,12,15,17-25,28H,1,10-11,13-14H2,2-6H3. The van der Waals surface area contributed by atoms with E-state index in [0.29, 0.717) is 19.6 Å². The van der Waals surface area contributed by atoms with Gasteiger partial charge in [-0.05, 0) is 12.5 Å². The molecule has 2 fully saturated rings. The molecule has 4 rings (SSSR count). The highest BCUT2D eigenvalue weighted by molar-refractivity contribution is 5.74. The smallest absolute Gasteiger partial charge is 0.312 e. The molecule has 0 aromatic carbocycles. The van der Waals surface area contributed by atoms with Crippen LogP contribution in [0.3, 0.4) is 0 Å². The molecular weight excluding hydrogens is 436 g/mol. The van der Waals surface area contributed by atoms with E-state index in [1.807, 2.05) is 6.08 Å². The van der Waals surface area contributed by atoms with Crippen molar-refractivity contribution < 1.29 is 33.6 Å². The molecule has 0 aromatic heterocycles. The van der Waals surface area contributed by atoms with Crippen molar-refractivity contribution in [3.05, 3.63) is 36.5 Å². The number of hydrogen-bond donors (Lipinski definition) is 1. The molecule has 7 heteroatoms. The Morgan fingerprint density at radius 3 is 2.56 bits per heavy atom. The number of cyclic esters (lactones) is 1. The normalized spacial score (nSPS) is 45.5. The van der Waals surface area contributed by atoms with Crippen LogP contribution in [0.4, 0.5) is 0 Å². The maximum atomic E-state index is 13.6. The van der Waals surface area contributed by atoms with Crippen molar-refractivity contribution >= 4 is 5.97 Å². The van der Waals surface area contributed by atoms with E-state index in [2.05, 4.69) is 38.7 Å². The minimum absolute atomic E-state index is 0.0327. The molecule has 0 aromatic rings. The van der Waals surface area contributed by atoms with Crippen LogP contribution >= 0.6 is 0 Å². The number of carbonyl (C=O) groups excluding carboxylic acids is 1. The molecule has 1 N–H and O–H groups in total. The molecule has 0 radical (unpaired) electrons. The second-order valence-electron chi connectivity index (χ2n) is 10.3. The second kappa shape index (κ2) is 10.2. The van der Waals surface area contributed by atoms with Crippen molar-refractivity contribution in [1.82, 2.24) is 0 Å². The number of hydrogen-bond acceptors (Lipinski definition) is 7. The van der Waals surface area contributed by atoms with Crippen molar-refractivity contribution in [2.45, 2.75) is 44.2 Å². The molecule has 190 valence electrons. The summed E-state index contributed by atoms with van der Waals surface area (Å²) in [5.41, 5.74) is 0.202. The molecule has 2 aliphatic carbocycles. The third kappa shape index (κ3) is 3.90. The van der Waals surface area contributed by atoms with E-state index in [-0.39, 0.29) is 60.3 Å². The van der Waals surface area contributed by atoms with Crippen LogP contribution in [0.15, 0.2) is 36.5 Å². The van der Waals surface area contributed by atoms with E-state index in [1.54, 1.807) is 21.3 Å². The van der Waals surface area contributed by atoms with Crippen molar-refractivity contribution in [3.63, 3.8) is 0 Å². The lowest BCUT2D eigenvalue weighted by molar-refractivity contribution is -0.165. The van der Waals surface area contributed by atoms with Crippen LogP contribution in [0.5, 0.6) is 0 Å². The fourth-order valence-corrected chi connectivity index (χ4v) is 7.14. The van der Waals surface area contributed by atoms with E-state index in [9.17, 15) is 9.90 Å². The van der Waals surface area contributed by atoms with Gasteiger partial charge < -0.3 is 28.8 Å². The van der Waals surface area contributed by atoms with Gasteiger partial charge in [0.05, 0.1) is 31.3 Å². The Morgan fingerprint density at radius 1 is 1.18 bits per heavy atom. The molecule has 1 saturated carbocycles. The van der Waals surface area contributed by atoms with Gasteiger partial charge in [-0.1, -0.05) is 31.2 Å². The molecule has 7 nitrogen and oxygen atoms in total. The highest BCUT2D eigenvalue weighted by atomic mass is 16.6. The van der Waals surface area contributed by atoms with Crippen LogP contribution in [-0.2, 0) is 28.5 Å². The predicted molar refractivity (Wildman–Crippen MR) is 127 cm³/mol. The van der Waals surface area contributed by atoms with Crippen LogP contribution in [-0.4, -0.2) is 76.1 Å². The van der Waals surface area contributed by atoms with Crippen molar-refractivity contribution in [1.29, 1.82) is 0 Å². The van der Waals surface area contributed by atoms with Crippen molar-refractivity contribution in [3.8, 4) is 0 Å². The Bertz CT molecular complexity index is 822. The molecule has 4 bridgehead atoms. The predicted octanol–water partition coefficient (Wildman–Crippen LogP) is 2.79. The zero-order chi connectivity index (χ0) is 24.6.